The zero-order chi connectivity index (χ0) is 31.2. The van der Waals surface area contributed by atoms with E-state index in [0.29, 0.717) is 4.90 Å². The van der Waals surface area contributed by atoms with Gasteiger partial charge in [0.1, 0.15) is 57.8 Å². The maximum absolute atomic E-state index is 14.2. The van der Waals surface area contributed by atoms with Crippen molar-refractivity contribution >= 4 is 23.4 Å². The highest BCUT2D eigenvalue weighted by molar-refractivity contribution is 7.99. The molecule has 15 heteroatoms. The molecule has 2 fully saturated rings. The van der Waals surface area contributed by atoms with Crippen molar-refractivity contribution in [2.45, 2.75) is 54.1 Å². The second-order valence-electron chi connectivity index (χ2n) is 10.2. The summed E-state index contributed by atoms with van der Waals surface area (Å²) in [5.74, 6) is -1.90. The molecule has 0 bridgehead atoms. The number of nitrogens with zero attached hydrogens (tertiary/aromatic N) is 4. The highest BCUT2D eigenvalue weighted by Crippen LogP contribution is 2.45. The maximum Gasteiger partial charge on any atom is 0.433 e. The summed E-state index contributed by atoms with van der Waals surface area (Å²) in [5, 5.41) is 7.77. The average molecular weight is 655 g/mol. The molecule has 2 aliphatic rings. The largest absolute Gasteiger partial charge is 0.433 e. The minimum absolute atomic E-state index is 0.0416. The molecule has 2 aromatic carbocycles. The van der Waals surface area contributed by atoms with Crippen LogP contribution in [-0.4, -0.2) is 57.4 Å². The molecule has 4 heterocycles. The standard InChI is InChI=1S/C29H24ClF5N4O4S/c1-14-8-17(11-36-26(14)29(33,34)35)44-28-25(40-2)23(24-21(42-28)13-41-27(43-24)15-6-4-3-5-7-15)39-12-20(37-38-39)16-9-18(31)22(30)19(32)10-16/h3-12,21,23-25,27-28H,13H2,1-2H3. The molecule has 2 aromatic heterocycles. The van der Waals surface area contributed by atoms with Crippen LogP contribution in [0.25, 0.3) is 11.3 Å². The number of rotatable bonds is 6. The van der Waals surface area contributed by atoms with Crippen LogP contribution in [-0.2, 0) is 25.1 Å². The van der Waals surface area contributed by atoms with Gasteiger partial charge in [-0.15, -0.1) is 5.10 Å². The van der Waals surface area contributed by atoms with Crippen LogP contribution in [0.2, 0.25) is 5.02 Å². The van der Waals surface area contributed by atoms with Gasteiger partial charge in [-0.2, -0.15) is 13.2 Å². The number of fused-ring (bicyclic) bond motifs is 1. The first-order valence-corrected chi connectivity index (χ1v) is 14.6. The number of alkyl halides is 3. The Bertz CT molecular complexity index is 1620. The summed E-state index contributed by atoms with van der Waals surface area (Å²) in [6.45, 7) is 1.45. The van der Waals surface area contributed by atoms with Crippen molar-refractivity contribution in [3.05, 3.63) is 94.4 Å². The van der Waals surface area contributed by atoms with Crippen molar-refractivity contribution in [2.75, 3.05) is 13.7 Å². The highest BCUT2D eigenvalue weighted by Gasteiger charge is 2.52. The molecule has 0 aliphatic carbocycles. The molecule has 2 saturated heterocycles. The number of methoxy groups -OCH3 is 1. The second-order valence-corrected chi connectivity index (χ2v) is 11.7. The summed E-state index contributed by atoms with van der Waals surface area (Å²) in [5.41, 5.74) is -0.745. The molecule has 0 N–H and O–H groups in total. The number of aryl methyl sites for hydroxylation is 1. The minimum atomic E-state index is -4.59. The monoisotopic (exact) mass is 654 g/mol. The van der Waals surface area contributed by atoms with Crippen molar-refractivity contribution in [3.63, 3.8) is 0 Å². The molecule has 6 unspecified atom stereocenters. The van der Waals surface area contributed by atoms with E-state index < -0.39 is 64.6 Å². The Morgan fingerprint density at radius 1 is 1.07 bits per heavy atom. The summed E-state index contributed by atoms with van der Waals surface area (Å²) in [4.78, 5) is 4.06. The fourth-order valence-electron chi connectivity index (χ4n) is 5.30. The number of hydrogen-bond acceptors (Lipinski definition) is 8. The van der Waals surface area contributed by atoms with Crippen LogP contribution in [0.4, 0.5) is 22.0 Å². The predicted molar refractivity (Wildman–Crippen MR) is 149 cm³/mol. The van der Waals surface area contributed by atoms with E-state index in [2.05, 4.69) is 15.3 Å². The summed E-state index contributed by atoms with van der Waals surface area (Å²) in [6, 6.07) is 12.0. The first kappa shape index (κ1) is 30.9. The molecule has 4 aromatic rings. The molecule has 0 radical (unpaired) electrons. The molecule has 2 aliphatic heterocycles. The number of aromatic nitrogens is 4. The number of thioether (sulfide) groups is 1. The first-order chi connectivity index (χ1) is 21.0. The Morgan fingerprint density at radius 2 is 1.80 bits per heavy atom. The Balaban J connectivity index is 1.36. The number of benzene rings is 2. The van der Waals surface area contributed by atoms with Crippen molar-refractivity contribution < 1.29 is 40.9 Å². The van der Waals surface area contributed by atoms with Crippen molar-refractivity contribution in [2.24, 2.45) is 0 Å². The molecule has 44 heavy (non-hydrogen) atoms. The van der Waals surface area contributed by atoms with Gasteiger partial charge in [0, 0.05) is 29.3 Å². The Hall–Kier alpha value is -3.14. The number of halogens is 6. The van der Waals surface area contributed by atoms with E-state index in [1.807, 2.05) is 30.3 Å². The van der Waals surface area contributed by atoms with Gasteiger partial charge in [0.05, 0.1) is 12.8 Å². The van der Waals surface area contributed by atoms with Gasteiger partial charge in [-0.3, -0.25) is 4.98 Å². The van der Waals surface area contributed by atoms with E-state index in [1.54, 1.807) is 0 Å². The molecule has 6 rings (SSSR count). The van der Waals surface area contributed by atoms with Crippen LogP contribution in [0.3, 0.4) is 0 Å². The lowest BCUT2D eigenvalue weighted by Crippen LogP contribution is -2.59. The third-order valence-corrected chi connectivity index (χ3v) is 8.79. The summed E-state index contributed by atoms with van der Waals surface area (Å²) >= 11 is 6.78. The molecular formula is C29H24ClF5N4O4S. The molecule has 8 nitrogen and oxygen atoms in total. The van der Waals surface area contributed by atoms with Gasteiger partial charge >= 0.3 is 6.18 Å². The molecule has 232 valence electrons. The lowest BCUT2D eigenvalue weighted by Gasteiger charge is -2.48. The van der Waals surface area contributed by atoms with E-state index in [1.165, 1.54) is 31.0 Å². The van der Waals surface area contributed by atoms with Crippen molar-refractivity contribution in [1.82, 2.24) is 20.0 Å². The fraction of sp³-hybridized carbons (Fsp3) is 0.345. The second kappa shape index (κ2) is 12.3. The Labute approximate surface area is 257 Å². The van der Waals surface area contributed by atoms with Gasteiger partial charge in [-0.1, -0.05) is 58.9 Å². The molecular weight excluding hydrogens is 631 g/mol. The predicted octanol–water partition coefficient (Wildman–Crippen LogP) is 6.79. The van der Waals surface area contributed by atoms with Crippen LogP contribution in [0.5, 0.6) is 0 Å². The highest BCUT2D eigenvalue weighted by atomic mass is 35.5. The van der Waals surface area contributed by atoms with Gasteiger partial charge in [-0.05, 0) is 30.7 Å². The van der Waals surface area contributed by atoms with E-state index in [0.717, 1.165) is 35.7 Å². The van der Waals surface area contributed by atoms with E-state index in [9.17, 15) is 22.0 Å². The number of hydrogen-bond donors (Lipinski definition) is 0. The molecule has 0 spiro atoms. The number of ether oxygens (including phenoxy) is 4. The maximum atomic E-state index is 14.2. The Kier molecular flexibility index (Phi) is 8.65. The summed E-state index contributed by atoms with van der Waals surface area (Å²) < 4.78 is 94.6. The third kappa shape index (κ3) is 6.06. The molecule has 0 amide bonds. The zero-order valence-electron chi connectivity index (χ0n) is 23.0. The van der Waals surface area contributed by atoms with Gasteiger partial charge < -0.3 is 18.9 Å². The van der Waals surface area contributed by atoms with Crippen molar-refractivity contribution in [1.29, 1.82) is 0 Å². The fourth-order valence-corrected chi connectivity index (χ4v) is 6.64. The van der Waals surface area contributed by atoms with Crippen LogP contribution in [0.1, 0.15) is 29.2 Å². The van der Waals surface area contributed by atoms with Gasteiger partial charge in [0.25, 0.3) is 0 Å². The lowest BCUT2D eigenvalue weighted by molar-refractivity contribution is -0.308. The zero-order valence-corrected chi connectivity index (χ0v) is 24.6. The summed E-state index contributed by atoms with van der Waals surface area (Å²) in [6.07, 6.45) is -4.82. The van der Waals surface area contributed by atoms with Crippen LogP contribution >= 0.6 is 23.4 Å². The van der Waals surface area contributed by atoms with E-state index >= 15 is 0 Å². The average Bonchev–Trinajstić information content (AvgIpc) is 3.48. The van der Waals surface area contributed by atoms with Crippen LogP contribution < -0.4 is 0 Å². The smallest absolute Gasteiger partial charge is 0.375 e. The van der Waals surface area contributed by atoms with Gasteiger partial charge in [0.2, 0.25) is 0 Å². The van der Waals surface area contributed by atoms with Crippen LogP contribution in [0.15, 0.2) is 65.8 Å². The molecule has 6 atom stereocenters. The quantitative estimate of drug-likeness (QED) is 0.166. The van der Waals surface area contributed by atoms with E-state index in [-0.39, 0.29) is 23.4 Å². The number of pyridine rings is 1. The molecule has 0 saturated carbocycles. The lowest BCUT2D eigenvalue weighted by atomic mass is 9.95. The normalized spacial score (nSPS) is 25.5. The SMILES string of the molecule is COC1C(Sc2cnc(C(F)(F)F)c(C)c2)OC2COC(c3ccccc3)OC2C1n1cc(-c2cc(F)c(Cl)c(F)c2)nn1. The van der Waals surface area contributed by atoms with Gasteiger partial charge in [0.15, 0.2) is 6.29 Å². The Morgan fingerprint density at radius 3 is 2.45 bits per heavy atom. The topological polar surface area (TPSA) is 80.5 Å². The third-order valence-electron chi connectivity index (χ3n) is 7.32. The van der Waals surface area contributed by atoms with Crippen LogP contribution in [0, 0.1) is 18.6 Å². The summed E-state index contributed by atoms with van der Waals surface area (Å²) in [7, 11) is 1.46. The van der Waals surface area contributed by atoms with Gasteiger partial charge in [-0.25, -0.2) is 13.5 Å². The van der Waals surface area contributed by atoms with E-state index in [4.69, 9.17) is 30.5 Å². The first-order valence-electron chi connectivity index (χ1n) is 13.3. The van der Waals surface area contributed by atoms with Crippen molar-refractivity contribution in [3.8, 4) is 11.3 Å². The minimum Gasteiger partial charge on any atom is -0.375 e.